The van der Waals surface area contributed by atoms with Crippen LogP contribution in [-0.2, 0) is 6.61 Å². The van der Waals surface area contributed by atoms with Crippen LogP contribution < -0.4 is 9.47 Å². The molecule has 1 N–H and O–H groups in total. The van der Waals surface area contributed by atoms with Gasteiger partial charge >= 0.3 is 0 Å². The fraction of sp³-hybridized carbons (Fsp3) is 0.143. The van der Waals surface area contributed by atoms with Crippen molar-refractivity contribution < 1.29 is 14.6 Å². The van der Waals surface area contributed by atoms with Crippen LogP contribution in [0.2, 0.25) is 0 Å². The van der Waals surface area contributed by atoms with E-state index >= 15 is 0 Å². The van der Waals surface area contributed by atoms with Gasteiger partial charge in [-0.1, -0.05) is 18.2 Å². The summed E-state index contributed by atoms with van der Waals surface area (Å²) in [7, 11) is 1.61. The molecule has 94 valence electrons. The summed E-state index contributed by atoms with van der Waals surface area (Å²) in [5.74, 6) is 2.08. The fourth-order valence-corrected chi connectivity index (χ4v) is 1.98. The molecule has 0 aliphatic rings. The van der Waals surface area contributed by atoms with Crippen LogP contribution in [0.15, 0.2) is 46.9 Å². The van der Waals surface area contributed by atoms with Crippen LogP contribution in [0, 0.1) is 0 Å². The highest BCUT2D eigenvalue weighted by molar-refractivity contribution is 9.10. The highest BCUT2D eigenvalue weighted by atomic mass is 79.9. The van der Waals surface area contributed by atoms with Gasteiger partial charge in [-0.25, -0.2) is 0 Å². The Morgan fingerprint density at radius 2 is 1.89 bits per heavy atom. The number of aliphatic hydroxyl groups excluding tert-OH is 1. The van der Waals surface area contributed by atoms with E-state index in [1.165, 1.54) is 0 Å². The summed E-state index contributed by atoms with van der Waals surface area (Å²) in [6.45, 7) is -0.0516. The van der Waals surface area contributed by atoms with Crippen molar-refractivity contribution in [2.45, 2.75) is 6.61 Å². The van der Waals surface area contributed by atoms with Gasteiger partial charge in [-0.3, -0.25) is 0 Å². The maximum atomic E-state index is 9.24. The fourth-order valence-electron chi connectivity index (χ4n) is 1.54. The topological polar surface area (TPSA) is 38.7 Å². The van der Waals surface area contributed by atoms with Crippen molar-refractivity contribution in [3.63, 3.8) is 0 Å². The Morgan fingerprint density at radius 3 is 2.56 bits per heavy atom. The van der Waals surface area contributed by atoms with Crippen LogP contribution in [0.5, 0.6) is 17.2 Å². The summed E-state index contributed by atoms with van der Waals surface area (Å²) in [6.07, 6.45) is 0. The summed E-state index contributed by atoms with van der Waals surface area (Å²) in [5, 5.41) is 9.24. The first-order valence-electron chi connectivity index (χ1n) is 5.44. The van der Waals surface area contributed by atoms with E-state index in [0.29, 0.717) is 11.5 Å². The molecule has 0 amide bonds. The first kappa shape index (κ1) is 12.9. The van der Waals surface area contributed by atoms with E-state index in [2.05, 4.69) is 15.9 Å². The molecule has 0 heterocycles. The van der Waals surface area contributed by atoms with E-state index in [1.807, 2.05) is 42.5 Å². The molecule has 4 heteroatoms. The lowest BCUT2D eigenvalue weighted by Crippen LogP contribution is -1.92. The predicted octanol–water partition coefficient (Wildman–Crippen LogP) is 3.74. The summed E-state index contributed by atoms with van der Waals surface area (Å²) in [6, 6.07) is 12.8. The van der Waals surface area contributed by atoms with Gasteiger partial charge < -0.3 is 14.6 Å². The maximum absolute atomic E-state index is 9.24. The first-order valence-corrected chi connectivity index (χ1v) is 6.24. The van der Waals surface area contributed by atoms with Crippen molar-refractivity contribution in [2.24, 2.45) is 0 Å². The predicted molar refractivity (Wildman–Crippen MR) is 73.1 cm³/mol. The Labute approximate surface area is 114 Å². The summed E-state index contributed by atoms with van der Waals surface area (Å²) >= 11 is 3.42. The van der Waals surface area contributed by atoms with E-state index in [0.717, 1.165) is 15.8 Å². The van der Waals surface area contributed by atoms with E-state index in [4.69, 9.17) is 9.47 Å². The van der Waals surface area contributed by atoms with Crippen molar-refractivity contribution in [3.05, 3.63) is 52.5 Å². The molecule has 0 aliphatic heterocycles. The third kappa shape index (κ3) is 2.83. The van der Waals surface area contributed by atoms with E-state index in [9.17, 15) is 5.11 Å². The lowest BCUT2D eigenvalue weighted by molar-refractivity contribution is 0.276. The number of benzene rings is 2. The van der Waals surface area contributed by atoms with Crippen molar-refractivity contribution in [1.82, 2.24) is 0 Å². The molecule has 3 nitrogen and oxygen atoms in total. The summed E-state index contributed by atoms with van der Waals surface area (Å²) in [4.78, 5) is 0. The molecule has 0 aliphatic carbocycles. The van der Waals surface area contributed by atoms with Gasteiger partial charge in [0, 0.05) is 5.56 Å². The molecule has 18 heavy (non-hydrogen) atoms. The average Bonchev–Trinajstić information content (AvgIpc) is 2.41. The van der Waals surface area contributed by atoms with E-state index in [1.54, 1.807) is 7.11 Å². The molecule has 0 saturated carbocycles. The van der Waals surface area contributed by atoms with Gasteiger partial charge in [-0.15, -0.1) is 0 Å². The molecule has 0 unspecified atom stereocenters. The van der Waals surface area contributed by atoms with Gasteiger partial charge in [-0.2, -0.15) is 0 Å². The lowest BCUT2D eigenvalue weighted by atomic mass is 10.2. The van der Waals surface area contributed by atoms with Gasteiger partial charge in [0.15, 0.2) is 0 Å². The largest absolute Gasteiger partial charge is 0.497 e. The number of aliphatic hydroxyl groups is 1. The van der Waals surface area contributed by atoms with Crippen LogP contribution in [0.3, 0.4) is 0 Å². The van der Waals surface area contributed by atoms with Gasteiger partial charge in [0.1, 0.15) is 17.2 Å². The number of rotatable bonds is 4. The standard InChI is InChI=1S/C14H13BrO3/c1-17-11-6-7-14(12(15)8-11)18-13-5-3-2-4-10(13)9-16/h2-8,16H,9H2,1H3. The second-order valence-corrected chi connectivity index (χ2v) is 4.52. The number of hydrogen-bond donors (Lipinski definition) is 1. The van der Waals surface area contributed by atoms with Crippen LogP contribution >= 0.6 is 15.9 Å². The quantitative estimate of drug-likeness (QED) is 0.935. The smallest absolute Gasteiger partial charge is 0.141 e. The number of halogens is 1. The zero-order valence-corrected chi connectivity index (χ0v) is 11.5. The summed E-state index contributed by atoms with van der Waals surface area (Å²) < 4.78 is 11.7. The van der Waals surface area contributed by atoms with Crippen LogP contribution in [0.1, 0.15) is 5.56 Å². The molecule has 0 bridgehead atoms. The lowest BCUT2D eigenvalue weighted by Gasteiger charge is -2.11. The Kier molecular flexibility index (Phi) is 4.23. The molecule has 0 aromatic heterocycles. The van der Waals surface area contributed by atoms with Crippen LogP contribution in [0.25, 0.3) is 0 Å². The van der Waals surface area contributed by atoms with Crippen molar-refractivity contribution in [2.75, 3.05) is 7.11 Å². The Bertz CT molecular complexity index is 540. The molecular formula is C14H13BrO3. The second-order valence-electron chi connectivity index (χ2n) is 3.66. The van der Waals surface area contributed by atoms with Crippen LogP contribution in [-0.4, -0.2) is 12.2 Å². The van der Waals surface area contributed by atoms with Gasteiger partial charge in [0.05, 0.1) is 18.2 Å². The molecule has 0 fully saturated rings. The van der Waals surface area contributed by atoms with Crippen molar-refractivity contribution in [3.8, 4) is 17.2 Å². The molecule has 0 atom stereocenters. The Morgan fingerprint density at radius 1 is 1.11 bits per heavy atom. The third-order valence-corrected chi connectivity index (χ3v) is 3.12. The summed E-state index contributed by atoms with van der Waals surface area (Å²) in [5.41, 5.74) is 0.750. The normalized spacial score (nSPS) is 10.2. The minimum atomic E-state index is -0.0516. The number of ether oxygens (including phenoxy) is 2. The molecule has 0 radical (unpaired) electrons. The minimum Gasteiger partial charge on any atom is -0.497 e. The molecular weight excluding hydrogens is 296 g/mol. The molecule has 2 aromatic carbocycles. The van der Waals surface area contributed by atoms with E-state index < -0.39 is 0 Å². The molecule has 0 saturated heterocycles. The Hall–Kier alpha value is -1.52. The molecule has 2 aromatic rings. The average molecular weight is 309 g/mol. The van der Waals surface area contributed by atoms with Crippen LogP contribution in [0.4, 0.5) is 0 Å². The zero-order valence-electron chi connectivity index (χ0n) is 9.89. The molecule has 0 spiro atoms. The SMILES string of the molecule is COc1ccc(Oc2ccccc2CO)c(Br)c1. The maximum Gasteiger partial charge on any atom is 0.141 e. The number of hydrogen-bond acceptors (Lipinski definition) is 3. The van der Waals surface area contributed by atoms with Gasteiger partial charge in [0.2, 0.25) is 0 Å². The third-order valence-electron chi connectivity index (χ3n) is 2.50. The first-order chi connectivity index (χ1) is 8.74. The highest BCUT2D eigenvalue weighted by Crippen LogP contribution is 2.33. The van der Waals surface area contributed by atoms with Gasteiger partial charge in [-0.05, 0) is 40.2 Å². The Balaban J connectivity index is 2.28. The second kappa shape index (κ2) is 5.89. The highest BCUT2D eigenvalue weighted by Gasteiger charge is 2.07. The number of para-hydroxylation sites is 1. The van der Waals surface area contributed by atoms with E-state index in [-0.39, 0.29) is 6.61 Å². The zero-order chi connectivity index (χ0) is 13.0. The van der Waals surface area contributed by atoms with Gasteiger partial charge in [0.25, 0.3) is 0 Å². The minimum absolute atomic E-state index is 0.0516. The molecule has 2 rings (SSSR count). The monoisotopic (exact) mass is 308 g/mol. The van der Waals surface area contributed by atoms with Crippen molar-refractivity contribution >= 4 is 15.9 Å². The number of methoxy groups -OCH3 is 1. The van der Waals surface area contributed by atoms with Crippen molar-refractivity contribution in [1.29, 1.82) is 0 Å².